The first kappa shape index (κ1) is 14.7. The van der Waals surface area contributed by atoms with E-state index in [1.54, 1.807) is 30.3 Å². The number of imide groups is 1. The van der Waals surface area contributed by atoms with Crippen LogP contribution >= 0.6 is 0 Å². The van der Waals surface area contributed by atoms with Crippen molar-refractivity contribution in [3.8, 4) is 0 Å². The average Bonchev–Trinajstić information content (AvgIpc) is 2.84. The molecule has 0 aromatic heterocycles. The monoisotopic (exact) mass is 307 g/mol. The number of nitrogens with zero attached hydrogens (tertiary/aromatic N) is 1. The zero-order valence-corrected chi connectivity index (χ0v) is 12.2. The maximum absolute atomic E-state index is 12.5. The molecule has 0 N–H and O–H groups in total. The lowest BCUT2D eigenvalue weighted by molar-refractivity contribution is 0.0549. The smallest absolute Gasteiger partial charge is 0.338 e. The highest BCUT2D eigenvalue weighted by Crippen LogP contribution is 2.29. The first-order chi connectivity index (χ1) is 11.1. The van der Waals surface area contributed by atoms with Gasteiger partial charge < -0.3 is 4.74 Å². The molecule has 0 spiro atoms. The lowest BCUT2D eigenvalue weighted by atomic mass is 10.1. The Bertz CT molecular complexity index is 811. The first-order valence-corrected chi connectivity index (χ1v) is 6.99. The van der Waals surface area contributed by atoms with Gasteiger partial charge in [0.15, 0.2) is 0 Å². The predicted octanol–water partition coefficient (Wildman–Crippen LogP) is 2.83. The summed E-state index contributed by atoms with van der Waals surface area (Å²) in [4.78, 5) is 37.9. The summed E-state index contributed by atoms with van der Waals surface area (Å²) in [5.74, 6) is -1.41. The zero-order valence-electron chi connectivity index (χ0n) is 12.2. The SMILES string of the molecule is C=CCOC(=O)c1ccc2c(c1)C(=O)N(c1ccccc1)C2=O. The molecule has 0 bridgehead atoms. The zero-order chi connectivity index (χ0) is 16.4. The number of carbonyl (C=O) groups excluding carboxylic acids is 3. The number of amides is 2. The van der Waals surface area contributed by atoms with E-state index in [0.29, 0.717) is 5.69 Å². The van der Waals surface area contributed by atoms with Gasteiger partial charge in [-0.25, -0.2) is 9.69 Å². The molecule has 2 aromatic carbocycles. The van der Waals surface area contributed by atoms with Crippen molar-refractivity contribution in [2.45, 2.75) is 0 Å². The Kier molecular flexibility index (Phi) is 3.76. The second kappa shape index (κ2) is 5.88. The summed E-state index contributed by atoms with van der Waals surface area (Å²) in [6.45, 7) is 3.55. The number of para-hydroxylation sites is 1. The van der Waals surface area contributed by atoms with Crippen LogP contribution in [0.5, 0.6) is 0 Å². The minimum atomic E-state index is -0.564. The third-order valence-electron chi connectivity index (χ3n) is 3.47. The fourth-order valence-corrected chi connectivity index (χ4v) is 2.40. The summed E-state index contributed by atoms with van der Waals surface area (Å²) in [5, 5.41) is 0. The minimum absolute atomic E-state index is 0.0823. The highest BCUT2D eigenvalue weighted by molar-refractivity contribution is 6.34. The molecule has 0 saturated carbocycles. The number of anilines is 1. The van der Waals surface area contributed by atoms with E-state index < -0.39 is 17.8 Å². The van der Waals surface area contributed by atoms with Crippen molar-refractivity contribution in [3.63, 3.8) is 0 Å². The van der Waals surface area contributed by atoms with Gasteiger partial charge in [0.05, 0.1) is 22.4 Å². The highest BCUT2D eigenvalue weighted by Gasteiger charge is 2.37. The van der Waals surface area contributed by atoms with Crippen molar-refractivity contribution >= 4 is 23.5 Å². The molecule has 1 aliphatic heterocycles. The summed E-state index contributed by atoms with van der Waals surface area (Å²) >= 11 is 0. The van der Waals surface area contributed by atoms with Crippen molar-refractivity contribution in [3.05, 3.63) is 77.9 Å². The van der Waals surface area contributed by atoms with E-state index in [9.17, 15) is 14.4 Å². The van der Waals surface area contributed by atoms with Gasteiger partial charge in [-0.2, -0.15) is 0 Å². The Morgan fingerprint density at radius 3 is 2.43 bits per heavy atom. The summed E-state index contributed by atoms with van der Waals surface area (Å²) < 4.78 is 4.94. The number of hydrogen-bond acceptors (Lipinski definition) is 4. The largest absolute Gasteiger partial charge is 0.458 e. The molecule has 0 unspecified atom stereocenters. The van der Waals surface area contributed by atoms with Crippen molar-refractivity contribution in [2.24, 2.45) is 0 Å². The Labute approximate surface area is 132 Å². The Morgan fingerprint density at radius 2 is 1.74 bits per heavy atom. The van der Waals surface area contributed by atoms with Gasteiger partial charge in [0.1, 0.15) is 6.61 Å². The van der Waals surface area contributed by atoms with Crippen LogP contribution in [0.3, 0.4) is 0 Å². The number of esters is 1. The van der Waals surface area contributed by atoms with Gasteiger partial charge in [-0.3, -0.25) is 9.59 Å². The second-order valence-electron chi connectivity index (χ2n) is 4.93. The van der Waals surface area contributed by atoms with E-state index >= 15 is 0 Å². The molecule has 0 saturated heterocycles. The molecule has 1 aliphatic rings. The van der Waals surface area contributed by atoms with Crippen molar-refractivity contribution in [1.82, 2.24) is 0 Å². The molecule has 23 heavy (non-hydrogen) atoms. The maximum Gasteiger partial charge on any atom is 0.338 e. The van der Waals surface area contributed by atoms with Crippen LogP contribution in [0.15, 0.2) is 61.2 Å². The van der Waals surface area contributed by atoms with Gasteiger partial charge in [0.25, 0.3) is 11.8 Å². The Morgan fingerprint density at radius 1 is 1.04 bits per heavy atom. The molecule has 0 atom stereocenters. The predicted molar refractivity (Wildman–Crippen MR) is 84.5 cm³/mol. The summed E-state index contributed by atoms with van der Waals surface area (Å²) in [6, 6.07) is 13.0. The molecule has 0 radical (unpaired) electrons. The van der Waals surface area contributed by atoms with Crippen LogP contribution in [0.2, 0.25) is 0 Å². The topological polar surface area (TPSA) is 63.7 Å². The van der Waals surface area contributed by atoms with Gasteiger partial charge in [0, 0.05) is 0 Å². The fraction of sp³-hybridized carbons (Fsp3) is 0.0556. The first-order valence-electron chi connectivity index (χ1n) is 6.99. The molecule has 1 heterocycles. The van der Waals surface area contributed by atoms with E-state index in [1.165, 1.54) is 24.3 Å². The number of hydrogen-bond donors (Lipinski definition) is 0. The summed E-state index contributed by atoms with van der Waals surface area (Å²) in [5.41, 5.74) is 1.20. The Balaban J connectivity index is 1.96. The molecule has 5 heteroatoms. The Hall–Kier alpha value is -3.21. The van der Waals surface area contributed by atoms with Crippen molar-refractivity contribution < 1.29 is 19.1 Å². The third-order valence-corrected chi connectivity index (χ3v) is 3.47. The number of fused-ring (bicyclic) bond motifs is 1. The van der Waals surface area contributed by atoms with E-state index in [-0.39, 0.29) is 23.3 Å². The lowest BCUT2D eigenvalue weighted by Crippen LogP contribution is -2.29. The van der Waals surface area contributed by atoms with Crippen molar-refractivity contribution in [2.75, 3.05) is 11.5 Å². The second-order valence-corrected chi connectivity index (χ2v) is 4.93. The molecule has 2 amide bonds. The van der Waals surface area contributed by atoms with Crippen LogP contribution in [-0.2, 0) is 4.74 Å². The quantitative estimate of drug-likeness (QED) is 0.495. The molecule has 5 nitrogen and oxygen atoms in total. The van der Waals surface area contributed by atoms with Crippen LogP contribution in [0.1, 0.15) is 31.1 Å². The van der Waals surface area contributed by atoms with Gasteiger partial charge in [-0.1, -0.05) is 30.9 Å². The van der Waals surface area contributed by atoms with E-state index in [0.717, 1.165) is 4.90 Å². The fourth-order valence-electron chi connectivity index (χ4n) is 2.40. The standard InChI is InChI=1S/C18H13NO4/c1-2-10-23-18(22)12-8-9-14-15(11-12)17(21)19(16(14)20)13-6-4-3-5-7-13/h2-9,11H,1,10H2. The van der Waals surface area contributed by atoms with Gasteiger partial charge in [0.2, 0.25) is 0 Å². The highest BCUT2D eigenvalue weighted by atomic mass is 16.5. The summed E-state index contributed by atoms with van der Waals surface area (Å²) in [7, 11) is 0. The third kappa shape index (κ3) is 2.53. The van der Waals surface area contributed by atoms with Gasteiger partial charge in [-0.15, -0.1) is 0 Å². The van der Waals surface area contributed by atoms with E-state index in [4.69, 9.17) is 4.74 Å². The number of benzene rings is 2. The minimum Gasteiger partial charge on any atom is -0.458 e. The molecule has 114 valence electrons. The number of ether oxygens (including phenoxy) is 1. The van der Waals surface area contributed by atoms with Crippen LogP contribution in [-0.4, -0.2) is 24.4 Å². The van der Waals surface area contributed by atoms with Crippen LogP contribution in [0.4, 0.5) is 5.69 Å². The lowest BCUT2D eigenvalue weighted by Gasteiger charge is -2.13. The normalized spacial score (nSPS) is 13.0. The summed E-state index contributed by atoms with van der Waals surface area (Å²) in [6.07, 6.45) is 1.46. The molecule has 0 aliphatic carbocycles. The van der Waals surface area contributed by atoms with Crippen LogP contribution < -0.4 is 4.90 Å². The number of carbonyl (C=O) groups is 3. The molecular weight excluding hydrogens is 294 g/mol. The maximum atomic E-state index is 12.5. The molecular formula is C18H13NO4. The van der Waals surface area contributed by atoms with E-state index in [1.807, 2.05) is 0 Å². The number of rotatable bonds is 4. The average molecular weight is 307 g/mol. The molecule has 0 fully saturated rings. The van der Waals surface area contributed by atoms with Crippen LogP contribution in [0, 0.1) is 0 Å². The molecule has 3 rings (SSSR count). The molecule has 2 aromatic rings. The van der Waals surface area contributed by atoms with Gasteiger partial charge in [-0.05, 0) is 30.3 Å². The van der Waals surface area contributed by atoms with Crippen molar-refractivity contribution in [1.29, 1.82) is 0 Å². The van der Waals surface area contributed by atoms with Crippen LogP contribution in [0.25, 0.3) is 0 Å². The van der Waals surface area contributed by atoms with Gasteiger partial charge >= 0.3 is 5.97 Å². The van der Waals surface area contributed by atoms with E-state index in [2.05, 4.69) is 6.58 Å².